The van der Waals surface area contributed by atoms with Crippen molar-refractivity contribution in [3.63, 3.8) is 0 Å². The minimum absolute atomic E-state index is 0.0399. The van der Waals surface area contributed by atoms with Crippen molar-refractivity contribution in [1.82, 2.24) is 4.90 Å². The molecule has 2 aromatic carbocycles. The van der Waals surface area contributed by atoms with Gasteiger partial charge in [0.25, 0.3) is 15.9 Å². The van der Waals surface area contributed by atoms with Gasteiger partial charge in [-0.1, -0.05) is 24.4 Å². The van der Waals surface area contributed by atoms with E-state index < -0.39 is 15.8 Å². The maximum atomic E-state index is 13.1. The van der Waals surface area contributed by atoms with E-state index in [-0.39, 0.29) is 21.4 Å². The molecule has 0 spiro atoms. The van der Waals surface area contributed by atoms with Crippen molar-refractivity contribution in [2.45, 2.75) is 30.6 Å². The Morgan fingerprint density at radius 3 is 2.25 bits per heavy atom. The molecule has 3 rings (SSSR count). The third kappa shape index (κ3) is 4.31. The SMILES string of the molecule is CN(c1ccc(F)cc1)S(=O)(=O)c1ccc(Cl)c(C(=O)N2CCCCCC2)c1. The first kappa shape index (κ1) is 20.6. The average Bonchev–Trinajstić information content (AvgIpc) is 2.97. The van der Waals surface area contributed by atoms with E-state index in [1.165, 1.54) is 49.5 Å². The van der Waals surface area contributed by atoms with E-state index in [4.69, 9.17) is 11.6 Å². The molecule has 0 atom stereocenters. The second kappa shape index (κ2) is 8.49. The van der Waals surface area contributed by atoms with Crippen LogP contribution in [0.5, 0.6) is 0 Å². The van der Waals surface area contributed by atoms with Gasteiger partial charge in [-0.15, -0.1) is 0 Å². The molecule has 28 heavy (non-hydrogen) atoms. The molecule has 1 aliphatic heterocycles. The Balaban J connectivity index is 1.93. The van der Waals surface area contributed by atoms with Crippen LogP contribution in [0.4, 0.5) is 10.1 Å². The zero-order valence-corrected chi connectivity index (χ0v) is 17.1. The van der Waals surface area contributed by atoms with Crippen molar-refractivity contribution in [3.8, 4) is 0 Å². The van der Waals surface area contributed by atoms with Crippen molar-refractivity contribution in [2.24, 2.45) is 0 Å². The Kier molecular flexibility index (Phi) is 6.25. The zero-order chi connectivity index (χ0) is 20.3. The van der Waals surface area contributed by atoms with Gasteiger partial charge in [-0.25, -0.2) is 12.8 Å². The monoisotopic (exact) mass is 424 g/mol. The first-order valence-corrected chi connectivity index (χ1v) is 11.0. The summed E-state index contributed by atoms with van der Waals surface area (Å²) in [5, 5.41) is 0.220. The Morgan fingerprint density at radius 2 is 1.64 bits per heavy atom. The summed E-state index contributed by atoms with van der Waals surface area (Å²) in [4.78, 5) is 14.6. The molecule has 2 aromatic rings. The van der Waals surface area contributed by atoms with Crippen LogP contribution in [0.2, 0.25) is 5.02 Å². The summed E-state index contributed by atoms with van der Waals surface area (Å²) < 4.78 is 40.2. The molecule has 0 saturated carbocycles. The van der Waals surface area contributed by atoms with E-state index >= 15 is 0 Å². The maximum absolute atomic E-state index is 13.1. The summed E-state index contributed by atoms with van der Waals surface area (Å²) in [6.45, 7) is 1.28. The predicted octanol–water partition coefficient (Wildman–Crippen LogP) is 4.32. The highest BCUT2D eigenvalue weighted by Gasteiger charge is 2.26. The van der Waals surface area contributed by atoms with E-state index in [1.807, 2.05) is 0 Å². The van der Waals surface area contributed by atoms with Crippen LogP contribution in [0.15, 0.2) is 47.4 Å². The number of benzene rings is 2. The summed E-state index contributed by atoms with van der Waals surface area (Å²) in [6, 6.07) is 9.27. The molecule has 0 aromatic heterocycles. The highest BCUT2D eigenvalue weighted by Crippen LogP contribution is 2.27. The van der Waals surface area contributed by atoms with Gasteiger partial charge < -0.3 is 4.90 Å². The quantitative estimate of drug-likeness (QED) is 0.734. The van der Waals surface area contributed by atoms with Crippen LogP contribution in [0, 0.1) is 5.82 Å². The predicted molar refractivity (Wildman–Crippen MR) is 108 cm³/mol. The van der Waals surface area contributed by atoms with Crippen molar-refractivity contribution in [3.05, 3.63) is 58.9 Å². The topological polar surface area (TPSA) is 57.7 Å². The van der Waals surface area contributed by atoms with Crippen LogP contribution in [0.1, 0.15) is 36.0 Å². The maximum Gasteiger partial charge on any atom is 0.264 e. The summed E-state index contributed by atoms with van der Waals surface area (Å²) in [5.41, 5.74) is 0.494. The molecular formula is C20H22ClFN2O3S. The van der Waals surface area contributed by atoms with Crippen molar-refractivity contribution in [1.29, 1.82) is 0 Å². The molecule has 1 aliphatic rings. The number of anilines is 1. The Bertz CT molecular complexity index is 956. The molecule has 1 heterocycles. The third-order valence-corrected chi connectivity index (χ3v) is 7.02. The Labute approximate surface area is 169 Å². The largest absolute Gasteiger partial charge is 0.339 e. The number of rotatable bonds is 4. The van der Waals surface area contributed by atoms with Crippen LogP contribution in [-0.4, -0.2) is 39.4 Å². The first-order valence-electron chi connectivity index (χ1n) is 9.14. The summed E-state index contributed by atoms with van der Waals surface area (Å²) >= 11 is 6.22. The first-order chi connectivity index (χ1) is 13.3. The number of amides is 1. The van der Waals surface area contributed by atoms with Crippen molar-refractivity contribution in [2.75, 3.05) is 24.4 Å². The Morgan fingerprint density at radius 1 is 1.04 bits per heavy atom. The fraction of sp³-hybridized carbons (Fsp3) is 0.350. The molecule has 150 valence electrons. The molecule has 0 bridgehead atoms. The summed E-state index contributed by atoms with van der Waals surface area (Å²) in [5.74, 6) is -0.709. The number of carbonyl (C=O) groups is 1. The molecule has 0 N–H and O–H groups in total. The van der Waals surface area contributed by atoms with Crippen molar-refractivity contribution < 1.29 is 17.6 Å². The van der Waals surface area contributed by atoms with Crippen LogP contribution < -0.4 is 4.31 Å². The van der Waals surface area contributed by atoms with Gasteiger partial charge in [-0.3, -0.25) is 9.10 Å². The minimum atomic E-state index is -3.93. The van der Waals surface area contributed by atoms with E-state index in [1.54, 1.807) is 4.90 Å². The van der Waals surface area contributed by atoms with Crippen LogP contribution >= 0.6 is 11.6 Å². The minimum Gasteiger partial charge on any atom is -0.339 e. The molecule has 0 radical (unpaired) electrons. The number of carbonyl (C=O) groups excluding carboxylic acids is 1. The van der Waals surface area contributed by atoms with Gasteiger partial charge in [0.05, 0.1) is 21.2 Å². The smallest absolute Gasteiger partial charge is 0.264 e. The molecular weight excluding hydrogens is 403 g/mol. The molecule has 8 heteroatoms. The number of nitrogens with zero attached hydrogens (tertiary/aromatic N) is 2. The van der Waals surface area contributed by atoms with E-state index in [2.05, 4.69) is 0 Å². The van der Waals surface area contributed by atoms with Gasteiger partial charge in [0.2, 0.25) is 0 Å². The Hall–Kier alpha value is -2.12. The molecule has 0 unspecified atom stereocenters. The van der Waals surface area contributed by atoms with E-state index in [0.29, 0.717) is 18.8 Å². The third-order valence-electron chi connectivity index (χ3n) is 4.91. The molecule has 0 aliphatic carbocycles. The summed E-state index contributed by atoms with van der Waals surface area (Å²) in [6.07, 6.45) is 4.01. The fourth-order valence-electron chi connectivity index (χ4n) is 3.22. The lowest BCUT2D eigenvalue weighted by molar-refractivity contribution is 0.0761. The normalized spacial score (nSPS) is 15.2. The van der Waals surface area contributed by atoms with E-state index in [0.717, 1.165) is 30.0 Å². The van der Waals surface area contributed by atoms with Gasteiger partial charge in [-0.2, -0.15) is 0 Å². The lowest BCUT2D eigenvalue weighted by Gasteiger charge is -2.22. The van der Waals surface area contributed by atoms with Crippen LogP contribution in [-0.2, 0) is 10.0 Å². The van der Waals surface area contributed by atoms with Gasteiger partial charge in [0.15, 0.2) is 0 Å². The fourth-order valence-corrected chi connectivity index (χ4v) is 4.64. The zero-order valence-electron chi connectivity index (χ0n) is 15.6. The second-order valence-electron chi connectivity index (χ2n) is 6.80. The van der Waals surface area contributed by atoms with Gasteiger partial charge in [0, 0.05) is 20.1 Å². The highest BCUT2D eigenvalue weighted by atomic mass is 35.5. The van der Waals surface area contributed by atoms with Crippen molar-refractivity contribution >= 4 is 33.2 Å². The van der Waals surface area contributed by atoms with Gasteiger partial charge in [0.1, 0.15) is 5.82 Å². The van der Waals surface area contributed by atoms with Crippen LogP contribution in [0.3, 0.4) is 0 Å². The number of likely N-dealkylation sites (tertiary alicyclic amines) is 1. The molecule has 1 amide bonds. The van der Waals surface area contributed by atoms with Gasteiger partial charge >= 0.3 is 0 Å². The molecule has 1 fully saturated rings. The number of sulfonamides is 1. The number of halogens is 2. The average molecular weight is 425 g/mol. The number of hydrogen-bond acceptors (Lipinski definition) is 3. The number of hydrogen-bond donors (Lipinski definition) is 0. The second-order valence-corrected chi connectivity index (χ2v) is 9.17. The molecule has 1 saturated heterocycles. The standard InChI is InChI=1S/C20H22ClFN2O3S/c1-23(16-8-6-15(22)7-9-16)28(26,27)17-10-11-19(21)18(14-17)20(25)24-12-4-2-3-5-13-24/h6-11,14H,2-5,12-13H2,1H3. The summed E-state index contributed by atoms with van der Waals surface area (Å²) in [7, 11) is -2.55. The lowest BCUT2D eigenvalue weighted by atomic mass is 10.2. The molecule has 5 nitrogen and oxygen atoms in total. The van der Waals surface area contributed by atoms with E-state index in [9.17, 15) is 17.6 Å². The van der Waals surface area contributed by atoms with Gasteiger partial charge in [-0.05, 0) is 55.3 Å². The lowest BCUT2D eigenvalue weighted by Crippen LogP contribution is -2.32. The van der Waals surface area contributed by atoms with Crippen LogP contribution in [0.25, 0.3) is 0 Å². The highest BCUT2D eigenvalue weighted by molar-refractivity contribution is 7.92.